The van der Waals surface area contributed by atoms with Gasteiger partial charge in [-0.1, -0.05) is 29.8 Å². The van der Waals surface area contributed by atoms with E-state index in [-0.39, 0.29) is 5.91 Å². The zero-order chi connectivity index (χ0) is 15.5. The van der Waals surface area contributed by atoms with Crippen LogP contribution < -0.4 is 10.1 Å². The Bertz CT molecular complexity index is 803. The summed E-state index contributed by atoms with van der Waals surface area (Å²) in [4.78, 5) is 12.2. The molecule has 3 aromatic rings. The highest BCUT2D eigenvalue weighted by atomic mass is 16.5. The lowest BCUT2D eigenvalue weighted by molar-refractivity contribution is 0.0925. The van der Waals surface area contributed by atoms with Crippen molar-refractivity contribution in [1.29, 1.82) is 0 Å². The molecule has 0 radical (unpaired) electrons. The van der Waals surface area contributed by atoms with Crippen LogP contribution in [0.15, 0.2) is 52.9 Å². The molecule has 22 heavy (non-hydrogen) atoms. The Kier molecular flexibility index (Phi) is 3.83. The molecule has 1 amide bonds. The number of hydrogen-bond donors (Lipinski definition) is 1. The fraction of sp³-hybridized carbons (Fsp3) is 0.167. The van der Waals surface area contributed by atoms with E-state index in [0.29, 0.717) is 17.9 Å². The average Bonchev–Trinajstić information content (AvgIpc) is 2.97. The topological polar surface area (TPSA) is 51.5 Å². The van der Waals surface area contributed by atoms with E-state index in [2.05, 4.69) is 5.32 Å². The van der Waals surface area contributed by atoms with Gasteiger partial charge in [-0.2, -0.15) is 0 Å². The molecular weight excluding hydrogens is 278 g/mol. The number of carbonyl (C=O) groups excluding carboxylic acids is 1. The Morgan fingerprint density at radius 2 is 1.91 bits per heavy atom. The van der Waals surface area contributed by atoms with Crippen LogP contribution in [0.25, 0.3) is 11.0 Å². The van der Waals surface area contributed by atoms with Gasteiger partial charge in [0, 0.05) is 11.9 Å². The normalized spacial score (nSPS) is 10.6. The van der Waals surface area contributed by atoms with Gasteiger partial charge in [0.25, 0.3) is 5.91 Å². The zero-order valence-electron chi connectivity index (χ0n) is 12.6. The van der Waals surface area contributed by atoms with Gasteiger partial charge in [0.2, 0.25) is 0 Å². The van der Waals surface area contributed by atoms with Gasteiger partial charge in [-0.3, -0.25) is 4.79 Å². The van der Waals surface area contributed by atoms with Crippen molar-refractivity contribution in [2.24, 2.45) is 0 Å². The summed E-state index contributed by atoms with van der Waals surface area (Å²) in [6.45, 7) is 2.50. The van der Waals surface area contributed by atoms with Crippen molar-refractivity contribution in [3.8, 4) is 5.75 Å². The number of benzene rings is 2. The number of aryl methyl sites for hydroxylation is 1. The van der Waals surface area contributed by atoms with Crippen LogP contribution in [0.3, 0.4) is 0 Å². The van der Waals surface area contributed by atoms with Crippen molar-refractivity contribution in [2.45, 2.75) is 13.5 Å². The van der Waals surface area contributed by atoms with E-state index in [9.17, 15) is 4.79 Å². The lowest BCUT2D eigenvalue weighted by Gasteiger charge is -2.03. The summed E-state index contributed by atoms with van der Waals surface area (Å²) in [5, 5.41) is 3.71. The molecule has 4 heteroatoms. The minimum absolute atomic E-state index is 0.226. The van der Waals surface area contributed by atoms with E-state index >= 15 is 0 Å². The van der Waals surface area contributed by atoms with E-state index in [1.807, 2.05) is 37.3 Å². The van der Waals surface area contributed by atoms with Crippen LogP contribution in [-0.4, -0.2) is 13.0 Å². The first kappa shape index (κ1) is 14.2. The predicted molar refractivity (Wildman–Crippen MR) is 85.1 cm³/mol. The van der Waals surface area contributed by atoms with Crippen molar-refractivity contribution >= 4 is 16.9 Å². The van der Waals surface area contributed by atoms with E-state index in [0.717, 1.165) is 16.7 Å². The first-order chi connectivity index (χ1) is 10.7. The Morgan fingerprint density at radius 3 is 2.64 bits per heavy atom. The molecule has 3 rings (SSSR count). The van der Waals surface area contributed by atoms with E-state index in [1.165, 1.54) is 5.56 Å². The number of rotatable bonds is 4. The number of fused-ring (bicyclic) bond motifs is 1. The molecule has 1 heterocycles. The number of carbonyl (C=O) groups is 1. The summed E-state index contributed by atoms with van der Waals surface area (Å²) in [5.41, 5.74) is 2.92. The minimum atomic E-state index is -0.226. The maximum absolute atomic E-state index is 12.2. The number of amides is 1. The summed E-state index contributed by atoms with van der Waals surface area (Å²) in [7, 11) is 1.61. The first-order valence-electron chi connectivity index (χ1n) is 7.07. The Hall–Kier alpha value is -2.75. The number of hydrogen-bond acceptors (Lipinski definition) is 3. The van der Waals surface area contributed by atoms with Crippen molar-refractivity contribution in [1.82, 2.24) is 5.32 Å². The molecule has 0 spiro atoms. The third-order valence-corrected chi connectivity index (χ3v) is 3.52. The van der Waals surface area contributed by atoms with Crippen LogP contribution in [0.4, 0.5) is 0 Å². The zero-order valence-corrected chi connectivity index (χ0v) is 12.6. The summed E-state index contributed by atoms with van der Waals surface area (Å²) in [6, 6.07) is 15.2. The van der Waals surface area contributed by atoms with E-state index in [4.69, 9.17) is 9.15 Å². The Balaban J connectivity index is 1.73. The van der Waals surface area contributed by atoms with Crippen LogP contribution >= 0.6 is 0 Å². The summed E-state index contributed by atoms with van der Waals surface area (Å²) in [6.07, 6.45) is 0. The minimum Gasteiger partial charge on any atom is -0.497 e. The standard InChI is InChI=1S/C18H17NO3/c1-12-3-5-13(6-4-12)11-19-18(20)17-10-14-9-15(21-2)7-8-16(14)22-17/h3-10H,11H2,1-2H3,(H,19,20). The van der Waals surface area contributed by atoms with Crippen molar-refractivity contribution in [3.63, 3.8) is 0 Å². The number of methoxy groups -OCH3 is 1. The number of nitrogens with one attached hydrogen (secondary N) is 1. The highest BCUT2D eigenvalue weighted by Gasteiger charge is 2.12. The summed E-state index contributed by atoms with van der Waals surface area (Å²) in [5.74, 6) is 0.811. The van der Waals surface area contributed by atoms with Crippen LogP contribution in [0.1, 0.15) is 21.7 Å². The Labute approximate surface area is 128 Å². The average molecular weight is 295 g/mol. The van der Waals surface area contributed by atoms with Crippen LogP contribution in [0, 0.1) is 6.92 Å². The van der Waals surface area contributed by atoms with Gasteiger partial charge in [-0.05, 0) is 36.8 Å². The molecule has 0 aliphatic carbocycles. The third-order valence-electron chi connectivity index (χ3n) is 3.52. The van der Waals surface area contributed by atoms with Gasteiger partial charge in [0.1, 0.15) is 11.3 Å². The van der Waals surface area contributed by atoms with Gasteiger partial charge in [-0.25, -0.2) is 0 Å². The Morgan fingerprint density at radius 1 is 1.14 bits per heavy atom. The molecule has 0 saturated heterocycles. The molecule has 112 valence electrons. The van der Waals surface area contributed by atoms with Crippen LogP contribution in [0.5, 0.6) is 5.75 Å². The van der Waals surface area contributed by atoms with E-state index in [1.54, 1.807) is 25.3 Å². The first-order valence-corrected chi connectivity index (χ1v) is 7.07. The molecule has 1 aromatic heterocycles. The largest absolute Gasteiger partial charge is 0.497 e. The molecule has 0 atom stereocenters. The van der Waals surface area contributed by atoms with Gasteiger partial charge >= 0.3 is 0 Å². The maximum Gasteiger partial charge on any atom is 0.287 e. The predicted octanol–water partition coefficient (Wildman–Crippen LogP) is 3.68. The molecule has 1 N–H and O–H groups in total. The SMILES string of the molecule is COc1ccc2oc(C(=O)NCc3ccc(C)cc3)cc2c1. The van der Waals surface area contributed by atoms with Crippen LogP contribution in [0.2, 0.25) is 0 Å². The molecular formula is C18H17NO3. The second-order valence-electron chi connectivity index (χ2n) is 5.18. The fourth-order valence-corrected chi connectivity index (χ4v) is 2.24. The quantitative estimate of drug-likeness (QED) is 0.799. The summed E-state index contributed by atoms with van der Waals surface area (Å²) < 4.78 is 10.7. The second kappa shape index (κ2) is 5.93. The highest BCUT2D eigenvalue weighted by Crippen LogP contribution is 2.24. The van der Waals surface area contributed by atoms with Gasteiger partial charge in [0.05, 0.1) is 7.11 Å². The van der Waals surface area contributed by atoms with Gasteiger partial charge < -0.3 is 14.5 Å². The van der Waals surface area contributed by atoms with E-state index < -0.39 is 0 Å². The van der Waals surface area contributed by atoms with Gasteiger partial charge in [0.15, 0.2) is 5.76 Å². The monoisotopic (exact) mass is 295 g/mol. The van der Waals surface area contributed by atoms with Crippen LogP contribution in [-0.2, 0) is 6.54 Å². The lowest BCUT2D eigenvalue weighted by atomic mass is 10.1. The molecule has 2 aromatic carbocycles. The molecule has 4 nitrogen and oxygen atoms in total. The summed E-state index contributed by atoms with van der Waals surface area (Å²) >= 11 is 0. The highest BCUT2D eigenvalue weighted by molar-refractivity contribution is 5.96. The van der Waals surface area contributed by atoms with Crippen molar-refractivity contribution < 1.29 is 13.9 Å². The molecule has 0 bridgehead atoms. The second-order valence-corrected chi connectivity index (χ2v) is 5.18. The molecule has 0 unspecified atom stereocenters. The number of ether oxygens (including phenoxy) is 1. The lowest BCUT2D eigenvalue weighted by Crippen LogP contribution is -2.22. The molecule has 0 fully saturated rings. The van der Waals surface area contributed by atoms with Crippen molar-refractivity contribution in [3.05, 3.63) is 65.4 Å². The third kappa shape index (κ3) is 2.96. The number of furan rings is 1. The van der Waals surface area contributed by atoms with Crippen molar-refractivity contribution in [2.75, 3.05) is 7.11 Å². The maximum atomic E-state index is 12.2. The molecule has 0 aliphatic heterocycles. The smallest absolute Gasteiger partial charge is 0.287 e. The van der Waals surface area contributed by atoms with Gasteiger partial charge in [-0.15, -0.1) is 0 Å². The molecule has 0 saturated carbocycles. The molecule has 0 aliphatic rings. The fourth-order valence-electron chi connectivity index (χ4n) is 2.24.